The molecule has 1 rings (SSSR count). The van der Waals surface area contributed by atoms with Gasteiger partial charge in [0.05, 0.1) is 19.6 Å². The smallest absolute Gasteiger partial charge is 0.309 e. The summed E-state index contributed by atoms with van der Waals surface area (Å²) in [6, 6.07) is 4.85. The molecule has 21 heavy (non-hydrogen) atoms. The fourth-order valence-corrected chi connectivity index (χ4v) is 1.67. The number of carbonyl (C=O) groups is 2. The number of methoxy groups -OCH3 is 2. The van der Waals surface area contributed by atoms with Crippen LogP contribution in [0.3, 0.4) is 0 Å². The van der Waals surface area contributed by atoms with Crippen LogP contribution in [0.25, 0.3) is 0 Å². The van der Waals surface area contributed by atoms with Gasteiger partial charge in [0, 0.05) is 12.1 Å². The minimum absolute atomic E-state index is 0.280. The molecule has 0 aliphatic heterocycles. The van der Waals surface area contributed by atoms with Gasteiger partial charge in [-0.2, -0.15) is 0 Å². The van der Waals surface area contributed by atoms with E-state index in [1.165, 1.54) is 14.2 Å². The Bertz CT molecular complexity index is 525. The Kier molecular flexibility index (Phi) is 5.58. The molecule has 0 fully saturated rings. The molecule has 0 radical (unpaired) electrons. The van der Waals surface area contributed by atoms with E-state index in [1.807, 2.05) is 0 Å². The maximum absolute atomic E-state index is 12.0. The van der Waals surface area contributed by atoms with E-state index in [2.05, 4.69) is 5.32 Å². The standard InChI is InChI=1S/C15H21NO5/c1-15(2,14(18)19)7-8-16-13(17)10-5-6-11(20-3)12(9-10)21-4/h5-6,9H,7-8H2,1-4H3,(H,16,17)(H,18,19). The highest BCUT2D eigenvalue weighted by Gasteiger charge is 2.26. The summed E-state index contributed by atoms with van der Waals surface area (Å²) in [6.45, 7) is 3.53. The number of carboxylic acids is 1. The Morgan fingerprint density at radius 3 is 2.33 bits per heavy atom. The summed E-state index contributed by atoms with van der Waals surface area (Å²) in [6.07, 6.45) is 0.349. The van der Waals surface area contributed by atoms with E-state index in [0.717, 1.165) is 0 Å². The Balaban J connectivity index is 2.66. The van der Waals surface area contributed by atoms with Crippen molar-refractivity contribution in [2.75, 3.05) is 20.8 Å². The third-order valence-corrected chi connectivity index (χ3v) is 3.26. The summed E-state index contributed by atoms with van der Waals surface area (Å²) in [4.78, 5) is 23.0. The molecule has 0 atom stereocenters. The molecule has 0 bridgehead atoms. The minimum Gasteiger partial charge on any atom is -0.493 e. The van der Waals surface area contributed by atoms with E-state index in [-0.39, 0.29) is 12.5 Å². The first-order valence-electron chi connectivity index (χ1n) is 6.55. The zero-order chi connectivity index (χ0) is 16.0. The molecule has 0 saturated carbocycles. The lowest BCUT2D eigenvalue weighted by Gasteiger charge is -2.19. The molecule has 0 aromatic heterocycles. The highest BCUT2D eigenvalue weighted by Crippen LogP contribution is 2.27. The van der Waals surface area contributed by atoms with Gasteiger partial charge in [-0.25, -0.2) is 0 Å². The zero-order valence-electron chi connectivity index (χ0n) is 12.7. The molecule has 6 nitrogen and oxygen atoms in total. The number of ether oxygens (including phenoxy) is 2. The molecule has 1 aromatic rings. The fraction of sp³-hybridized carbons (Fsp3) is 0.467. The normalized spacial score (nSPS) is 10.9. The van der Waals surface area contributed by atoms with E-state index in [4.69, 9.17) is 14.6 Å². The lowest BCUT2D eigenvalue weighted by atomic mass is 9.90. The largest absolute Gasteiger partial charge is 0.493 e. The average molecular weight is 295 g/mol. The van der Waals surface area contributed by atoms with Gasteiger partial charge in [0.15, 0.2) is 11.5 Å². The number of carbonyl (C=O) groups excluding carboxylic acids is 1. The quantitative estimate of drug-likeness (QED) is 0.803. The van der Waals surface area contributed by atoms with Crippen molar-refractivity contribution in [3.8, 4) is 11.5 Å². The van der Waals surface area contributed by atoms with Gasteiger partial charge in [-0.05, 0) is 38.5 Å². The van der Waals surface area contributed by atoms with Gasteiger partial charge < -0.3 is 19.9 Å². The van der Waals surface area contributed by atoms with E-state index >= 15 is 0 Å². The topological polar surface area (TPSA) is 84.9 Å². The van der Waals surface area contributed by atoms with Crippen LogP contribution in [0.1, 0.15) is 30.6 Å². The van der Waals surface area contributed by atoms with Gasteiger partial charge >= 0.3 is 5.97 Å². The monoisotopic (exact) mass is 295 g/mol. The van der Waals surface area contributed by atoms with E-state index in [9.17, 15) is 9.59 Å². The fourth-order valence-electron chi connectivity index (χ4n) is 1.67. The van der Waals surface area contributed by atoms with Crippen LogP contribution in [0.2, 0.25) is 0 Å². The van der Waals surface area contributed by atoms with Crippen LogP contribution in [0.15, 0.2) is 18.2 Å². The van der Waals surface area contributed by atoms with Crippen molar-refractivity contribution >= 4 is 11.9 Å². The van der Waals surface area contributed by atoms with Crippen LogP contribution in [0, 0.1) is 5.41 Å². The number of aliphatic carboxylic acids is 1. The third kappa shape index (κ3) is 4.37. The third-order valence-electron chi connectivity index (χ3n) is 3.26. The molecule has 0 spiro atoms. The molecule has 0 saturated heterocycles. The van der Waals surface area contributed by atoms with Crippen molar-refractivity contribution in [2.24, 2.45) is 5.41 Å². The van der Waals surface area contributed by atoms with E-state index < -0.39 is 11.4 Å². The predicted octanol–water partition coefficient (Wildman–Crippen LogP) is 1.93. The summed E-state index contributed by atoms with van der Waals surface area (Å²) >= 11 is 0. The Labute approximate surface area is 124 Å². The lowest BCUT2D eigenvalue weighted by Crippen LogP contribution is -2.31. The van der Waals surface area contributed by atoms with E-state index in [1.54, 1.807) is 32.0 Å². The summed E-state index contributed by atoms with van der Waals surface area (Å²) in [5, 5.41) is 11.7. The second-order valence-corrected chi connectivity index (χ2v) is 5.26. The van der Waals surface area contributed by atoms with Crippen LogP contribution in [0.5, 0.6) is 11.5 Å². The summed E-state index contributed by atoms with van der Waals surface area (Å²) in [7, 11) is 3.01. The highest BCUT2D eigenvalue weighted by molar-refractivity contribution is 5.94. The second-order valence-electron chi connectivity index (χ2n) is 5.26. The van der Waals surface area contributed by atoms with Gasteiger partial charge in [-0.1, -0.05) is 0 Å². The molecule has 0 aliphatic carbocycles. The molecular formula is C15H21NO5. The zero-order valence-corrected chi connectivity index (χ0v) is 12.7. The molecule has 6 heteroatoms. The van der Waals surface area contributed by atoms with Crippen LogP contribution in [-0.4, -0.2) is 37.7 Å². The number of amides is 1. The number of rotatable bonds is 7. The lowest BCUT2D eigenvalue weighted by molar-refractivity contribution is -0.147. The number of hydrogen-bond acceptors (Lipinski definition) is 4. The minimum atomic E-state index is -0.886. The summed E-state index contributed by atoms with van der Waals surface area (Å²) < 4.78 is 10.2. The number of benzene rings is 1. The van der Waals surface area contributed by atoms with Crippen LogP contribution in [-0.2, 0) is 4.79 Å². The first-order valence-corrected chi connectivity index (χ1v) is 6.55. The Morgan fingerprint density at radius 1 is 1.19 bits per heavy atom. The van der Waals surface area contributed by atoms with Crippen molar-refractivity contribution in [1.29, 1.82) is 0 Å². The van der Waals surface area contributed by atoms with Crippen molar-refractivity contribution in [1.82, 2.24) is 5.32 Å². The maximum Gasteiger partial charge on any atom is 0.309 e. The Morgan fingerprint density at radius 2 is 1.81 bits per heavy atom. The van der Waals surface area contributed by atoms with Crippen molar-refractivity contribution < 1.29 is 24.2 Å². The predicted molar refractivity (Wildman–Crippen MR) is 77.9 cm³/mol. The molecule has 0 heterocycles. The molecule has 116 valence electrons. The molecular weight excluding hydrogens is 274 g/mol. The van der Waals surface area contributed by atoms with Crippen LogP contribution < -0.4 is 14.8 Å². The second kappa shape index (κ2) is 6.97. The highest BCUT2D eigenvalue weighted by atomic mass is 16.5. The van der Waals surface area contributed by atoms with Gasteiger partial charge in [0.2, 0.25) is 0 Å². The molecule has 1 aromatic carbocycles. The van der Waals surface area contributed by atoms with Gasteiger partial charge in [0.25, 0.3) is 5.91 Å². The molecule has 1 amide bonds. The number of nitrogens with one attached hydrogen (secondary N) is 1. The SMILES string of the molecule is COc1ccc(C(=O)NCCC(C)(C)C(=O)O)cc1OC. The van der Waals surface area contributed by atoms with Gasteiger partial charge in [-0.3, -0.25) is 9.59 Å². The Hall–Kier alpha value is -2.24. The number of hydrogen-bond donors (Lipinski definition) is 2. The van der Waals surface area contributed by atoms with Gasteiger partial charge in [-0.15, -0.1) is 0 Å². The average Bonchev–Trinajstić information content (AvgIpc) is 2.45. The molecule has 0 aliphatic rings. The summed E-state index contributed by atoms with van der Waals surface area (Å²) in [5.41, 5.74) is -0.439. The van der Waals surface area contributed by atoms with Gasteiger partial charge in [0.1, 0.15) is 0 Å². The maximum atomic E-state index is 12.0. The number of carboxylic acid groups (broad SMARTS) is 1. The molecule has 0 unspecified atom stereocenters. The van der Waals surface area contributed by atoms with Crippen molar-refractivity contribution in [3.63, 3.8) is 0 Å². The van der Waals surface area contributed by atoms with E-state index in [0.29, 0.717) is 23.5 Å². The van der Waals surface area contributed by atoms with Crippen molar-refractivity contribution in [3.05, 3.63) is 23.8 Å². The van der Waals surface area contributed by atoms with Crippen LogP contribution >= 0.6 is 0 Å². The van der Waals surface area contributed by atoms with Crippen molar-refractivity contribution in [2.45, 2.75) is 20.3 Å². The first kappa shape index (κ1) is 16.8. The first-order chi connectivity index (χ1) is 9.81. The van der Waals surface area contributed by atoms with Crippen LogP contribution in [0.4, 0.5) is 0 Å². The molecule has 2 N–H and O–H groups in total. The summed E-state index contributed by atoms with van der Waals surface area (Å²) in [5.74, 6) is -0.155.